The third kappa shape index (κ3) is 6.78. The number of benzene rings is 2. The lowest BCUT2D eigenvalue weighted by atomic mass is 9.57. The molecule has 4 aromatic rings. The van der Waals surface area contributed by atoms with Crippen molar-refractivity contribution >= 4 is 35.3 Å². The van der Waals surface area contributed by atoms with Crippen LogP contribution in [0.1, 0.15) is 70.7 Å². The van der Waals surface area contributed by atoms with E-state index in [1.54, 1.807) is 36.3 Å². The lowest BCUT2D eigenvalue weighted by molar-refractivity contribution is -0.170. The van der Waals surface area contributed by atoms with Crippen molar-refractivity contribution in [3.05, 3.63) is 95.9 Å². The fraction of sp³-hybridized carbons (Fsp3) is 0.415. The number of hydrogen-bond acceptors (Lipinski definition) is 7. The van der Waals surface area contributed by atoms with Gasteiger partial charge in [0, 0.05) is 55.0 Å². The van der Waals surface area contributed by atoms with Gasteiger partial charge in [0.15, 0.2) is 0 Å². The Bertz CT molecular complexity index is 2040. The Morgan fingerprint density at radius 3 is 2.28 bits per heavy atom. The molecular formula is C41H47N7O5. The number of nitrogens with one attached hydrogen (secondary N) is 3. The Labute approximate surface area is 309 Å². The van der Waals surface area contributed by atoms with E-state index in [1.165, 1.54) is 4.90 Å². The average molecular weight is 718 g/mol. The third-order valence-corrected chi connectivity index (χ3v) is 11.3. The van der Waals surface area contributed by atoms with Gasteiger partial charge in [-0.15, -0.1) is 0 Å². The monoisotopic (exact) mass is 717 g/mol. The molecule has 1 spiro atoms. The van der Waals surface area contributed by atoms with E-state index in [1.807, 2.05) is 68.4 Å². The van der Waals surface area contributed by atoms with Crippen molar-refractivity contribution in [1.82, 2.24) is 25.0 Å². The van der Waals surface area contributed by atoms with Gasteiger partial charge in [0.05, 0.1) is 28.8 Å². The van der Waals surface area contributed by atoms with E-state index in [9.17, 15) is 19.2 Å². The zero-order valence-electron chi connectivity index (χ0n) is 31.2. The van der Waals surface area contributed by atoms with Crippen LogP contribution >= 0.6 is 0 Å². The van der Waals surface area contributed by atoms with E-state index in [4.69, 9.17) is 9.84 Å². The predicted molar refractivity (Wildman–Crippen MR) is 200 cm³/mol. The summed E-state index contributed by atoms with van der Waals surface area (Å²) in [6, 6.07) is 20.2. The van der Waals surface area contributed by atoms with Crippen LogP contribution in [0.5, 0.6) is 5.75 Å². The van der Waals surface area contributed by atoms with Crippen LogP contribution in [0.3, 0.4) is 0 Å². The molecule has 1 saturated heterocycles. The number of anilines is 2. The molecule has 5 amide bonds. The molecule has 0 radical (unpaired) electrons. The smallest absolute Gasteiger partial charge is 0.324 e. The molecule has 2 aromatic carbocycles. The summed E-state index contributed by atoms with van der Waals surface area (Å²) in [6.07, 6.45) is 5.87. The van der Waals surface area contributed by atoms with E-state index in [2.05, 4.69) is 41.7 Å². The second kappa shape index (κ2) is 13.2. The number of fused-ring (bicyclic) bond motifs is 1. The van der Waals surface area contributed by atoms with Crippen molar-refractivity contribution < 1.29 is 23.9 Å². The number of piperidine rings is 1. The summed E-state index contributed by atoms with van der Waals surface area (Å²) in [6.45, 7) is 10.8. The van der Waals surface area contributed by atoms with Crippen LogP contribution in [0, 0.1) is 22.2 Å². The first-order chi connectivity index (χ1) is 25.1. The van der Waals surface area contributed by atoms with Gasteiger partial charge in [-0.2, -0.15) is 5.10 Å². The van der Waals surface area contributed by atoms with Crippen LogP contribution in [0.25, 0.3) is 5.69 Å². The Hall–Kier alpha value is -5.52. The maximum atomic E-state index is 13.8. The summed E-state index contributed by atoms with van der Waals surface area (Å²) in [5.74, 6) is 0.662. The minimum absolute atomic E-state index is 0.0738. The first-order valence-electron chi connectivity index (χ1n) is 18.1. The van der Waals surface area contributed by atoms with Crippen LogP contribution in [0.4, 0.5) is 16.3 Å². The van der Waals surface area contributed by atoms with Gasteiger partial charge in [0.1, 0.15) is 11.6 Å². The van der Waals surface area contributed by atoms with Gasteiger partial charge in [-0.1, -0.05) is 46.8 Å². The largest absolute Gasteiger partial charge is 0.493 e. The number of imide groups is 1. The van der Waals surface area contributed by atoms with Crippen molar-refractivity contribution in [2.45, 2.75) is 72.3 Å². The fourth-order valence-electron chi connectivity index (χ4n) is 8.48. The number of carbonyl (C=O) groups excluding carboxylic acids is 4. The highest BCUT2D eigenvalue weighted by molar-refractivity contribution is 6.06. The van der Waals surface area contributed by atoms with Crippen LogP contribution < -0.4 is 20.7 Å². The average Bonchev–Trinajstić information content (AvgIpc) is 3.72. The molecule has 276 valence electrons. The normalized spacial score (nSPS) is 24.6. The highest BCUT2D eigenvalue weighted by atomic mass is 16.5. The molecule has 4 unspecified atom stereocenters. The summed E-state index contributed by atoms with van der Waals surface area (Å²) >= 11 is 0. The molecular weight excluding hydrogens is 670 g/mol. The standard InChI is InChI=1S/C41H47N7O5/c1-38(2,3)32-21-33(45-37(52)44-28-9-13-30(14-10-28)53-20-17-26-15-18-42-19-16-26)48(46-32)29-11-7-27(8-12-29)23-43-34(49)40(5)24-39(4)25-41(22-31(40)41)36(51)47(6)35(39)50/h7-16,18-19,21,31H,17,20,22-25H2,1-6H3,(H,43,49)(H2,44,45,52). The number of pyridine rings is 1. The van der Waals surface area contributed by atoms with Crippen LogP contribution in [-0.2, 0) is 32.8 Å². The second-order valence-electron chi connectivity index (χ2n) is 16.4. The molecule has 3 aliphatic rings. The Morgan fingerprint density at radius 1 is 0.906 bits per heavy atom. The van der Waals surface area contributed by atoms with Gasteiger partial charge in [-0.25, -0.2) is 9.48 Å². The molecule has 2 bridgehead atoms. The molecule has 7 rings (SSSR count). The first-order valence-corrected chi connectivity index (χ1v) is 18.1. The van der Waals surface area contributed by atoms with Crippen molar-refractivity contribution in [3.8, 4) is 11.4 Å². The number of aromatic nitrogens is 3. The summed E-state index contributed by atoms with van der Waals surface area (Å²) < 4.78 is 7.56. The van der Waals surface area contributed by atoms with E-state index < -0.39 is 22.3 Å². The molecule has 12 heteroatoms. The number of ether oxygens (including phenoxy) is 1. The van der Waals surface area contributed by atoms with Crippen LogP contribution in [0.2, 0.25) is 0 Å². The minimum atomic E-state index is -0.810. The Kier molecular flexibility index (Phi) is 8.90. The van der Waals surface area contributed by atoms with Crippen LogP contribution in [-0.4, -0.2) is 57.1 Å². The lowest BCUT2D eigenvalue weighted by Gasteiger charge is -2.50. The van der Waals surface area contributed by atoms with Gasteiger partial charge < -0.3 is 15.4 Å². The maximum absolute atomic E-state index is 13.8. The number of carbonyl (C=O) groups is 4. The van der Waals surface area contributed by atoms with Crippen molar-refractivity contribution in [2.75, 3.05) is 24.3 Å². The topological polar surface area (TPSA) is 148 Å². The van der Waals surface area contributed by atoms with Crippen molar-refractivity contribution in [3.63, 3.8) is 0 Å². The first kappa shape index (κ1) is 35.9. The van der Waals surface area contributed by atoms with Gasteiger partial charge >= 0.3 is 6.03 Å². The molecule has 12 nitrogen and oxygen atoms in total. The van der Waals surface area contributed by atoms with Gasteiger partial charge in [0.25, 0.3) is 0 Å². The SMILES string of the molecule is CN1C(=O)C2(C)CC(C)(C(=O)NCc3ccc(-n4nc(C(C)(C)C)cc4NC(=O)Nc4ccc(OCCc5ccncc5)cc4)cc3)C3CC3(C2)C1=O. The number of nitrogens with zero attached hydrogens (tertiary/aromatic N) is 4. The van der Waals surface area contributed by atoms with Crippen molar-refractivity contribution in [2.24, 2.45) is 22.2 Å². The molecule has 3 fully saturated rings. The molecule has 1 aliphatic heterocycles. The molecule has 2 saturated carbocycles. The highest BCUT2D eigenvalue weighted by Crippen LogP contribution is 2.74. The molecule has 4 atom stereocenters. The quantitative estimate of drug-likeness (QED) is 0.164. The Morgan fingerprint density at radius 2 is 1.60 bits per heavy atom. The predicted octanol–water partition coefficient (Wildman–Crippen LogP) is 6.26. The number of amides is 5. The number of urea groups is 1. The molecule has 2 aliphatic carbocycles. The maximum Gasteiger partial charge on any atom is 0.324 e. The zero-order chi connectivity index (χ0) is 37.8. The fourth-order valence-corrected chi connectivity index (χ4v) is 8.48. The minimum Gasteiger partial charge on any atom is -0.493 e. The van der Waals surface area contributed by atoms with Gasteiger partial charge in [-0.3, -0.25) is 29.6 Å². The summed E-state index contributed by atoms with van der Waals surface area (Å²) in [5, 5.41) is 13.8. The van der Waals surface area contributed by atoms with Gasteiger partial charge in [-0.05, 0) is 84.8 Å². The number of rotatable bonds is 10. The zero-order valence-corrected chi connectivity index (χ0v) is 31.2. The summed E-state index contributed by atoms with van der Waals surface area (Å²) in [7, 11) is 1.57. The number of likely N-dealkylation sites (tertiary alicyclic amines) is 1. The summed E-state index contributed by atoms with van der Waals surface area (Å²) in [4.78, 5) is 58.5. The molecule has 2 aromatic heterocycles. The van der Waals surface area contributed by atoms with Gasteiger partial charge in [0.2, 0.25) is 17.7 Å². The Balaban J connectivity index is 0.984. The highest BCUT2D eigenvalue weighted by Gasteiger charge is 2.77. The number of hydrogen-bond donors (Lipinski definition) is 3. The van der Waals surface area contributed by atoms with E-state index in [0.717, 1.165) is 28.9 Å². The van der Waals surface area contributed by atoms with Crippen LogP contribution in [0.15, 0.2) is 79.1 Å². The second-order valence-corrected chi connectivity index (χ2v) is 16.4. The molecule has 3 heterocycles. The molecule has 53 heavy (non-hydrogen) atoms. The van der Waals surface area contributed by atoms with E-state index >= 15 is 0 Å². The summed E-state index contributed by atoms with van der Waals surface area (Å²) in [5.41, 5.74) is 1.75. The lowest BCUT2D eigenvalue weighted by Crippen LogP contribution is -2.61. The molecule has 3 N–H and O–H groups in total. The third-order valence-electron chi connectivity index (χ3n) is 11.3. The van der Waals surface area contributed by atoms with E-state index in [-0.39, 0.29) is 29.1 Å². The van der Waals surface area contributed by atoms with E-state index in [0.29, 0.717) is 49.7 Å². The van der Waals surface area contributed by atoms with Crippen molar-refractivity contribution in [1.29, 1.82) is 0 Å².